The van der Waals surface area contributed by atoms with E-state index in [1.54, 1.807) is 34.0 Å². The fourth-order valence-electron chi connectivity index (χ4n) is 4.02. The van der Waals surface area contributed by atoms with Gasteiger partial charge in [-0.15, -0.1) is 0 Å². The molecule has 1 aliphatic rings. The third-order valence-corrected chi connectivity index (χ3v) is 5.80. The Balaban J connectivity index is 1.62. The van der Waals surface area contributed by atoms with Gasteiger partial charge in [0.25, 0.3) is 5.56 Å². The van der Waals surface area contributed by atoms with Gasteiger partial charge in [-0.1, -0.05) is 0 Å². The Kier molecular flexibility index (Phi) is 4.17. The highest BCUT2D eigenvalue weighted by Crippen LogP contribution is 2.46. The van der Waals surface area contributed by atoms with Crippen LogP contribution in [0.4, 0.5) is 0 Å². The van der Waals surface area contributed by atoms with E-state index in [2.05, 4.69) is 25.1 Å². The van der Waals surface area contributed by atoms with Gasteiger partial charge in [0.05, 0.1) is 12.2 Å². The van der Waals surface area contributed by atoms with Crippen LogP contribution in [0, 0.1) is 11.3 Å². The van der Waals surface area contributed by atoms with Crippen LogP contribution in [0.1, 0.15) is 60.5 Å². The minimum absolute atomic E-state index is 0.0204. The Morgan fingerprint density at radius 2 is 2.03 bits per heavy atom. The van der Waals surface area contributed by atoms with Gasteiger partial charge in [-0.05, 0) is 25.8 Å². The molecule has 3 atom stereocenters. The largest absolute Gasteiger partial charge is 0.310 e. The molecule has 10 heteroatoms. The van der Waals surface area contributed by atoms with Crippen LogP contribution in [0.15, 0.2) is 35.6 Å². The molecule has 0 spiro atoms. The van der Waals surface area contributed by atoms with E-state index in [-0.39, 0.29) is 34.5 Å². The number of H-pyrrole nitrogens is 1. The van der Waals surface area contributed by atoms with Gasteiger partial charge >= 0.3 is 0 Å². The topological polar surface area (TPSA) is 131 Å². The number of hydrogen-bond acceptors (Lipinski definition) is 7. The first-order valence-corrected chi connectivity index (χ1v) is 9.74. The van der Waals surface area contributed by atoms with E-state index in [1.807, 2.05) is 26.2 Å². The fraction of sp³-hybridized carbons (Fsp3) is 0.350. The van der Waals surface area contributed by atoms with Gasteiger partial charge in [0.15, 0.2) is 11.3 Å². The SMILES string of the molecule is C[C@@H](c1cnn(C)c1)n1nc(C#N)c2c(=O)[nH]c([C@@H]3CC[C@H]3c3ncccn3)nc21. The molecule has 1 fully saturated rings. The van der Waals surface area contributed by atoms with Gasteiger partial charge in [0.2, 0.25) is 0 Å². The van der Waals surface area contributed by atoms with Crippen molar-refractivity contribution in [3.8, 4) is 6.07 Å². The molecule has 0 saturated heterocycles. The van der Waals surface area contributed by atoms with E-state index in [4.69, 9.17) is 4.98 Å². The molecule has 1 aliphatic carbocycles. The van der Waals surface area contributed by atoms with Crippen molar-refractivity contribution in [1.82, 2.24) is 39.5 Å². The molecule has 1 saturated carbocycles. The predicted octanol–water partition coefficient (Wildman–Crippen LogP) is 1.79. The Bertz CT molecular complexity index is 1330. The van der Waals surface area contributed by atoms with Crippen molar-refractivity contribution in [2.75, 3.05) is 0 Å². The van der Waals surface area contributed by atoms with Crippen molar-refractivity contribution in [2.45, 2.75) is 37.6 Å². The zero-order valence-electron chi connectivity index (χ0n) is 16.5. The number of nitriles is 1. The Morgan fingerprint density at radius 1 is 1.27 bits per heavy atom. The molecule has 0 amide bonds. The predicted molar refractivity (Wildman–Crippen MR) is 107 cm³/mol. The summed E-state index contributed by atoms with van der Waals surface area (Å²) >= 11 is 0. The summed E-state index contributed by atoms with van der Waals surface area (Å²) in [6.07, 6.45) is 8.89. The maximum Gasteiger partial charge on any atom is 0.263 e. The average molecular weight is 401 g/mol. The van der Waals surface area contributed by atoms with Gasteiger partial charge in [0.1, 0.15) is 23.1 Å². The third kappa shape index (κ3) is 2.78. The molecular weight excluding hydrogens is 382 g/mol. The number of nitrogens with zero attached hydrogens (tertiary/aromatic N) is 8. The highest BCUT2D eigenvalue weighted by Gasteiger charge is 2.37. The van der Waals surface area contributed by atoms with Gasteiger partial charge in [-0.25, -0.2) is 19.6 Å². The molecule has 1 N–H and O–H groups in total. The van der Waals surface area contributed by atoms with Gasteiger partial charge in [0, 0.05) is 43.0 Å². The van der Waals surface area contributed by atoms with Crippen molar-refractivity contribution < 1.29 is 0 Å². The minimum atomic E-state index is -0.351. The highest BCUT2D eigenvalue weighted by atomic mass is 16.1. The molecule has 4 heterocycles. The first-order chi connectivity index (χ1) is 14.6. The summed E-state index contributed by atoms with van der Waals surface area (Å²) < 4.78 is 3.34. The van der Waals surface area contributed by atoms with Crippen molar-refractivity contribution in [2.24, 2.45) is 7.05 Å². The van der Waals surface area contributed by atoms with E-state index in [0.717, 1.165) is 24.2 Å². The lowest BCUT2D eigenvalue weighted by Crippen LogP contribution is -2.28. The number of nitrogens with one attached hydrogen (secondary N) is 1. The highest BCUT2D eigenvalue weighted by molar-refractivity contribution is 5.80. The Morgan fingerprint density at radius 3 is 2.67 bits per heavy atom. The molecule has 10 nitrogen and oxygen atoms in total. The Labute approximate surface area is 171 Å². The van der Waals surface area contributed by atoms with Crippen LogP contribution in [0.3, 0.4) is 0 Å². The van der Waals surface area contributed by atoms with E-state index in [1.165, 1.54) is 0 Å². The second kappa shape index (κ2) is 6.88. The number of aromatic amines is 1. The number of hydrogen-bond donors (Lipinski definition) is 1. The molecule has 0 aromatic carbocycles. The number of aromatic nitrogens is 8. The van der Waals surface area contributed by atoms with E-state index in [9.17, 15) is 10.1 Å². The molecule has 4 aromatic rings. The van der Waals surface area contributed by atoms with Gasteiger partial charge in [-0.3, -0.25) is 9.48 Å². The number of fused-ring (bicyclic) bond motifs is 1. The molecule has 0 unspecified atom stereocenters. The Hall–Kier alpha value is -3.87. The smallest absolute Gasteiger partial charge is 0.263 e. The molecule has 0 aliphatic heterocycles. The lowest BCUT2D eigenvalue weighted by molar-refractivity contribution is 0.319. The van der Waals surface area contributed by atoms with Crippen LogP contribution in [-0.2, 0) is 7.05 Å². The summed E-state index contributed by atoms with van der Waals surface area (Å²) in [7, 11) is 1.83. The third-order valence-electron chi connectivity index (χ3n) is 5.80. The summed E-state index contributed by atoms with van der Waals surface area (Å²) in [5, 5.41) is 18.3. The molecule has 0 radical (unpaired) electrons. The van der Waals surface area contributed by atoms with E-state index < -0.39 is 0 Å². The molecular formula is C20H19N9O. The number of aryl methyl sites for hydroxylation is 1. The van der Waals surface area contributed by atoms with Gasteiger partial charge < -0.3 is 4.98 Å². The lowest BCUT2D eigenvalue weighted by atomic mass is 9.72. The zero-order chi connectivity index (χ0) is 20.8. The maximum atomic E-state index is 12.9. The quantitative estimate of drug-likeness (QED) is 0.551. The minimum Gasteiger partial charge on any atom is -0.310 e. The first kappa shape index (κ1) is 18.2. The lowest BCUT2D eigenvalue weighted by Gasteiger charge is -2.34. The van der Waals surface area contributed by atoms with Crippen LogP contribution in [0.5, 0.6) is 0 Å². The second-order valence-corrected chi connectivity index (χ2v) is 7.58. The van der Waals surface area contributed by atoms with Crippen molar-refractivity contribution in [3.05, 3.63) is 64.1 Å². The molecule has 0 bridgehead atoms. The van der Waals surface area contributed by atoms with E-state index >= 15 is 0 Å². The van der Waals surface area contributed by atoms with Crippen molar-refractivity contribution >= 4 is 11.0 Å². The first-order valence-electron chi connectivity index (χ1n) is 9.74. The molecule has 5 rings (SSSR count). The molecule has 4 aromatic heterocycles. The summed E-state index contributed by atoms with van der Waals surface area (Å²) in [4.78, 5) is 29.3. The number of rotatable bonds is 4. The van der Waals surface area contributed by atoms with Crippen LogP contribution < -0.4 is 5.56 Å². The van der Waals surface area contributed by atoms with Crippen LogP contribution in [0.25, 0.3) is 11.0 Å². The van der Waals surface area contributed by atoms with Crippen LogP contribution in [-0.4, -0.2) is 39.5 Å². The molecule has 150 valence electrons. The van der Waals surface area contributed by atoms with Crippen LogP contribution >= 0.6 is 0 Å². The summed E-state index contributed by atoms with van der Waals surface area (Å²) in [6.45, 7) is 1.94. The van der Waals surface area contributed by atoms with Gasteiger partial charge in [-0.2, -0.15) is 15.5 Å². The molecule has 30 heavy (non-hydrogen) atoms. The van der Waals surface area contributed by atoms with E-state index in [0.29, 0.717) is 11.5 Å². The maximum absolute atomic E-state index is 12.9. The summed E-state index contributed by atoms with van der Waals surface area (Å²) in [5.41, 5.74) is 1.03. The summed E-state index contributed by atoms with van der Waals surface area (Å²) in [5.74, 6) is 1.47. The standard InChI is InChI=1S/C20H19N9O/c1-11(12-9-24-28(2)10-12)29-19-16(15(8-21)27-29)20(30)26-18(25-19)14-5-4-13(14)17-22-6-3-7-23-17/h3,6-7,9-11,13-14H,4-5H2,1-2H3,(H,25,26,30)/t11-,13+,14+/m0/s1. The van der Waals surface area contributed by atoms with Crippen molar-refractivity contribution in [1.29, 1.82) is 5.26 Å². The van der Waals surface area contributed by atoms with Crippen LogP contribution in [0.2, 0.25) is 0 Å². The summed E-state index contributed by atoms with van der Waals surface area (Å²) in [6, 6.07) is 3.57. The average Bonchev–Trinajstić information content (AvgIpc) is 3.31. The second-order valence-electron chi connectivity index (χ2n) is 7.58. The normalized spacial score (nSPS) is 19.4. The van der Waals surface area contributed by atoms with Crippen molar-refractivity contribution in [3.63, 3.8) is 0 Å². The fourth-order valence-corrected chi connectivity index (χ4v) is 4.02. The zero-order valence-corrected chi connectivity index (χ0v) is 16.5. The monoisotopic (exact) mass is 401 g/mol.